The van der Waals surface area contributed by atoms with Crippen LogP contribution in [0, 0.1) is 0 Å². The van der Waals surface area contributed by atoms with E-state index in [2.05, 4.69) is 15.9 Å². The van der Waals surface area contributed by atoms with Crippen LogP contribution in [0.1, 0.15) is 5.56 Å². The van der Waals surface area contributed by atoms with Crippen LogP contribution in [0.25, 0.3) is 0 Å². The van der Waals surface area contributed by atoms with E-state index < -0.39 is 0 Å². The van der Waals surface area contributed by atoms with Crippen molar-refractivity contribution in [3.8, 4) is 5.75 Å². The van der Waals surface area contributed by atoms with Crippen LogP contribution in [0.5, 0.6) is 5.75 Å². The highest BCUT2D eigenvalue weighted by Gasteiger charge is 2.04. The molecule has 0 radical (unpaired) electrons. The molecule has 0 N–H and O–H groups in total. The lowest BCUT2D eigenvalue weighted by Gasteiger charge is -2.08. The third-order valence-electron chi connectivity index (χ3n) is 2.38. The monoisotopic (exact) mass is 293 g/mol. The Kier molecular flexibility index (Phi) is 3.64. The first-order valence-electron chi connectivity index (χ1n) is 5.20. The van der Waals surface area contributed by atoms with Gasteiger partial charge in [-0.1, -0.05) is 30.3 Å². The molecule has 0 amide bonds. The zero-order valence-corrected chi connectivity index (χ0v) is 11.0. The van der Waals surface area contributed by atoms with Crippen LogP contribution in [0.15, 0.2) is 51.9 Å². The molecule has 2 rings (SSSR count). The molecule has 0 spiro atoms. The smallest absolute Gasteiger partial charge is 0.254 e. The normalized spacial score (nSPS) is 10.2. The molecule has 1 heterocycles. The van der Waals surface area contributed by atoms with Crippen LogP contribution in [-0.4, -0.2) is 4.57 Å². The summed E-state index contributed by atoms with van der Waals surface area (Å²) in [4.78, 5) is 11.5. The predicted molar refractivity (Wildman–Crippen MR) is 70.2 cm³/mol. The summed E-state index contributed by atoms with van der Waals surface area (Å²) in [5, 5.41) is 0. The molecule has 0 saturated heterocycles. The predicted octanol–water partition coefficient (Wildman–Crippen LogP) is 2.73. The fraction of sp³-hybridized carbons (Fsp3) is 0.154. The molecule has 0 atom stereocenters. The van der Waals surface area contributed by atoms with Crippen molar-refractivity contribution in [2.75, 3.05) is 0 Å². The summed E-state index contributed by atoms with van der Waals surface area (Å²) in [6.45, 7) is 0.451. The van der Waals surface area contributed by atoms with Crippen molar-refractivity contribution in [3.63, 3.8) is 0 Å². The maximum absolute atomic E-state index is 11.5. The SMILES string of the molecule is Cn1cc(Br)c(OCc2ccccc2)cc1=O. The second-order valence-corrected chi connectivity index (χ2v) is 4.56. The van der Waals surface area contributed by atoms with E-state index in [9.17, 15) is 4.79 Å². The number of hydrogen-bond donors (Lipinski definition) is 0. The molecule has 17 heavy (non-hydrogen) atoms. The Hall–Kier alpha value is -1.55. The minimum absolute atomic E-state index is 0.0868. The molecule has 4 heteroatoms. The quantitative estimate of drug-likeness (QED) is 0.871. The van der Waals surface area contributed by atoms with Gasteiger partial charge in [0, 0.05) is 19.3 Å². The lowest BCUT2D eigenvalue weighted by molar-refractivity contribution is 0.303. The fourth-order valence-electron chi connectivity index (χ4n) is 1.43. The zero-order chi connectivity index (χ0) is 12.3. The van der Waals surface area contributed by atoms with E-state index >= 15 is 0 Å². The van der Waals surface area contributed by atoms with E-state index in [1.165, 1.54) is 10.6 Å². The largest absolute Gasteiger partial charge is 0.487 e. The minimum Gasteiger partial charge on any atom is -0.487 e. The standard InChI is InChI=1S/C13H12BrNO2/c1-15-8-11(14)12(7-13(15)16)17-9-10-5-3-2-4-6-10/h2-8H,9H2,1H3. The topological polar surface area (TPSA) is 31.2 Å². The van der Waals surface area contributed by atoms with Crippen molar-refractivity contribution in [3.05, 3.63) is 63.0 Å². The van der Waals surface area contributed by atoms with Gasteiger partial charge in [0.25, 0.3) is 5.56 Å². The van der Waals surface area contributed by atoms with Gasteiger partial charge < -0.3 is 9.30 Å². The summed E-state index contributed by atoms with van der Waals surface area (Å²) < 4.78 is 7.87. The molecule has 0 aliphatic heterocycles. The average molecular weight is 294 g/mol. The number of halogens is 1. The number of nitrogens with zero attached hydrogens (tertiary/aromatic N) is 1. The summed E-state index contributed by atoms with van der Waals surface area (Å²) in [6, 6.07) is 11.3. The molecule has 88 valence electrons. The van der Waals surface area contributed by atoms with Gasteiger partial charge in [-0.05, 0) is 21.5 Å². The lowest BCUT2D eigenvalue weighted by atomic mass is 10.2. The van der Waals surface area contributed by atoms with Gasteiger partial charge in [0.1, 0.15) is 12.4 Å². The van der Waals surface area contributed by atoms with E-state index in [0.29, 0.717) is 12.4 Å². The first-order valence-corrected chi connectivity index (χ1v) is 5.99. The third-order valence-corrected chi connectivity index (χ3v) is 2.98. The number of ether oxygens (including phenoxy) is 1. The molecule has 0 unspecified atom stereocenters. The molecule has 2 aromatic rings. The number of rotatable bonds is 3. The maximum Gasteiger partial charge on any atom is 0.254 e. The summed E-state index contributed by atoms with van der Waals surface area (Å²) in [5.74, 6) is 0.567. The molecule has 0 bridgehead atoms. The third kappa shape index (κ3) is 2.97. The number of pyridine rings is 1. The Morgan fingerprint density at radius 3 is 2.71 bits per heavy atom. The fourth-order valence-corrected chi connectivity index (χ4v) is 1.96. The van der Waals surface area contributed by atoms with Gasteiger partial charge in [-0.2, -0.15) is 0 Å². The van der Waals surface area contributed by atoms with E-state index in [0.717, 1.165) is 10.0 Å². The number of aromatic nitrogens is 1. The molecule has 0 aliphatic rings. The lowest BCUT2D eigenvalue weighted by Crippen LogP contribution is -2.15. The van der Waals surface area contributed by atoms with E-state index in [-0.39, 0.29) is 5.56 Å². The van der Waals surface area contributed by atoms with Gasteiger partial charge >= 0.3 is 0 Å². The van der Waals surface area contributed by atoms with Crippen molar-refractivity contribution in [1.82, 2.24) is 4.57 Å². The molecule has 0 saturated carbocycles. The highest BCUT2D eigenvalue weighted by molar-refractivity contribution is 9.10. The Bertz CT molecular complexity index is 563. The molecule has 0 fully saturated rings. The maximum atomic E-state index is 11.5. The Morgan fingerprint density at radius 1 is 1.29 bits per heavy atom. The van der Waals surface area contributed by atoms with Crippen molar-refractivity contribution in [1.29, 1.82) is 0 Å². The van der Waals surface area contributed by atoms with Crippen LogP contribution in [0.2, 0.25) is 0 Å². The molecule has 1 aromatic carbocycles. The number of hydrogen-bond acceptors (Lipinski definition) is 2. The Balaban J connectivity index is 2.15. The molecular weight excluding hydrogens is 282 g/mol. The number of benzene rings is 1. The highest BCUT2D eigenvalue weighted by atomic mass is 79.9. The zero-order valence-electron chi connectivity index (χ0n) is 9.39. The van der Waals surface area contributed by atoms with Crippen LogP contribution >= 0.6 is 15.9 Å². The van der Waals surface area contributed by atoms with Crippen LogP contribution in [-0.2, 0) is 13.7 Å². The van der Waals surface area contributed by atoms with Crippen LogP contribution in [0.3, 0.4) is 0 Å². The van der Waals surface area contributed by atoms with Gasteiger partial charge in [-0.15, -0.1) is 0 Å². The van der Waals surface area contributed by atoms with Crippen molar-refractivity contribution >= 4 is 15.9 Å². The van der Waals surface area contributed by atoms with Gasteiger partial charge in [-0.3, -0.25) is 4.79 Å². The van der Waals surface area contributed by atoms with Gasteiger partial charge in [0.2, 0.25) is 0 Å². The first kappa shape index (κ1) is 11.9. The Morgan fingerprint density at radius 2 is 2.00 bits per heavy atom. The molecule has 3 nitrogen and oxygen atoms in total. The first-order chi connectivity index (χ1) is 8.16. The summed E-state index contributed by atoms with van der Waals surface area (Å²) >= 11 is 3.37. The van der Waals surface area contributed by atoms with Gasteiger partial charge in [0.05, 0.1) is 4.47 Å². The Labute approximate surface area is 108 Å². The summed E-state index contributed by atoms with van der Waals surface area (Å²) in [5.41, 5.74) is 0.983. The molecular formula is C13H12BrNO2. The van der Waals surface area contributed by atoms with Crippen LogP contribution in [0.4, 0.5) is 0 Å². The molecule has 0 aliphatic carbocycles. The highest BCUT2D eigenvalue weighted by Crippen LogP contribution is 2.22. The summed E-state index contributed by atoms with van der Waals surface area (Å²) in [6.07, 6.45) is 1.70. The van der Waals surface area contributed by atoms with Crippen molar-refractivity contribution in [2.24, 2.45) is 7.05 Å². The van der Waals surface area contributed by atoms with Gasteiger partial charge in [0.15, 0.2) is 0 Å². The van der Waals surface area contributed by atoms with Gasteiger partial charge in [-0.25, -0.2) is 0 Å². The minimum atomic E-state index is -0.0868. The average Bonchev–Trinajstić information content (AvgIpc) is 2.33. The van der Waals surface area contributed by atoms with E-state index in [1.807, 2.05) is 30.3 Å². The van der Waals surface area contributed by atoms with Crippen LogP contribution < -0.4 is 10.3 Å². The van der Waals surface area contributed by atoms with Crippen molar-refractivity contribution < 1.29 is 4.74 Å². The number of aryl methyl sites for hydroxylation is 1. The second kappa shape index (κ2) is 5.19. The van der Waals surface area contributed by atoms with Crippen molar-refractivity contribution in [2.45, 2.75) is 6.61 Å². The summed E-state index contributed by atoms with van der Waals surface area (Å²) in [7, 11) is 1.70. The second-order valence-electron chi connectivity index (χ2n) is 3.71. The molecule has 1 aromatic heterocycles. The van der Waals surface area contributed by atoms with E-state index in [4.69, 9.17) is 4.74 Å². The van der Waals surface area contributed by atoms with E-state index in [1.54, 1.807) is 13.2 Å².